The Labute approximate surface area is 105 Å². The van der Waals surface area contributed by atoms with Gasteiger partial charge in [-0.25, -0.2) is 5.26 Å². The summed E-state index contributed by atoms with van der Waals surface area (Å²) in [5.41, 5.74) is 0. The van der Waals surface area contributed by atoms with Gasteiger partial charge in [-0.05, 0) is 20.3 Å². The molecule has 0 aromatic heterocycles. The van der Waals surface area contributed by atoms with Crippen molar-refractivity contribution in [2.24, 2.45) is 11.8 Å². The molecular weight excluding hydrogens is 212 g/mol. The van der Waals surface area contributed by atoms with Gasteiger partial charge < -0.3 is 0 Å². The van der Waals surface area contributed by atoms with Gasteiger partial charge in [-0.2, -0.15) is 15.8 Å². The molecule has 92 valence electrons. The molecule has 0 aliphatic rings. The van der Waals surface area contributed by atoms with E-state index in [1.165, 1.54) is 0 Å². The molecule has 0 N–H and O–H groups in total. The summed E-state index contributed by atoms with van der Waals surface area (Å²) < 4.78 is 0. The van der Waals surface area contributed by atoms with Gasteiger partial charge in [-0.1, -0.05) is 13.5 Å². The van der Waals surface area contributed by atoms with Crippen molar-refractivity contribution in [3.63, 3.8) is 0 Å². The van der Waals surface area contributed by atoms with Crippen molar-refractivity contribution in [2.45, 2.75) is 34.1 Å². The third-order valence-electron chi connectivity index (χ3n) is 1.47. The van der Waals surface area contributed by atoms with Crippen LogP contribution in [0, 0.1) is 57.7 Å². The molecule has 2 unspecified atom stereocenters. The fourth-order valence-electron chi connectivity index (χ4n) is 0.398. The van der Waals surface area contributed by atoms with Crippen LogP contribution >= 0.6 is 0 Å². The summed E-state index contributed by atoms with van der Waals surface area (Å²) in [6.07, 6.45) is 2.81. The average Bonchev–Trinajstić information content (AvgIpc) is 2.37. The second-order valence-electron chi connectivity index (χ2n) is 2.88. The Morgan fingerprint density at radius 3 is 1.82 bits per heavy atom. The van der Waals surface area contributed by atoms with Gasteiger partial charge in [0.2, 0.25) is 0 Å². The van der Waals surface area contributed by atoms with Crippen LogP contribution in [0.5, 0.6) is 0 Å². The maximum atomic E-state index is 8.20. The van der Waals surface area contributed by atoms with Crippen molar-refractivity contribution in [3.8, 4) is 24.8 Å². The molecule has 0 radical (unpaired) electrons. The van der Waals surface area contributed by atoms with E-state index < -0.39 is 0 Å². The van der Waals surface area contributed by atoms with E-state index in [9.17, 15) is 0 Å². The minimum Gasteiger partial charge on any atom is -0.202 e. The van der Waals surface area contributed by atoms with E-state index >= 15 is 0 Å². The average molecular weight is 232 g/mol. The maximum Gasteiger partial charge on any atom is 0.0694 e. The zero-order valence-corrected chi connectivity index (χ0v) is 9.72. The molecule has 17 heavy (non-hydrogen) atoms. The molecule has 0 aliphatic heterocycles. The van der Waals surface area contributed by atoms with Gasteiger partial charge >= 0.3 is 0 Å². The van der Waals surface area contributed by atoms with Crippen LogP contribution in [0.4, 0.5) is 0 Å². The number of hydrogen-bond acceptors (Lipinski definition) is 4. The second-order valence-corrected chi connectivity index (χ2v) is 2.88. The molecule has 4 nitrogen and oxygen atoms in total. The Bertz CT molecular complexity index is 298. The molecule has 0 aromatic rings. The summed E-state index contributed by atoms with van der Waals surface area (Å²) >= 11 is 0. The molecule has 0 fully saturated rings. The lowest BCUT2D eigenvalue weighted by Crippen LogP contribution is -1.86. The van der Waals surface area contributed by atoms with Crippen molar-refractivity contribution < 1.29 is 0 Å². The van der Waals surface area contributed by atoms with Crippen molar-refractivity contribution in [1.82, 2.24) is 0 Å². The van der Waals surface area contributed by atoms with E-state index in [0.29, 0.717) is 12.8 Å². The normalized spacial score (nSPS) is 9.71. The predicted molar refractivity (Wildman–Crippen MR) is 68.0 cm³/mol. The van der Waals surface area contributed by atoms with Gasteiger partial charge in [-0.3, -0.25) is 0 Å². The van der Waals surface area contributed by atoms with Crippen LogP contribution < -0.4 is 0 Å². The molecular formula is C13H20N4. The summed E-state index contributed by atoms with van der Waals surface area (Å²) in [6.45, 7) is 10.5. The minimum atomic E-state index is 0. The fourth-order valence-corrected chi connectivity index (χ4v) is 0.398. The molecule has 0 heterocycles. The van der Waals surface area contributed by atoms with Gasteiger partial charge in [0.25, 0.3) is 0 Å². The van der Waals surface area contributed by atoms with Gasteiger partial charge in [-0.15, -0.1) is 6.58 Å². The number of rotatable bonds is 3. The zero-order chi connectivity index (χ0) is 13.4. The van der Waals surface area contributed by atoms with E-state index in [0.717, 1.165) is 0 Å². The van der Waals surface area contributed by atoms with Crippen LogP contribution in [-0.4, -0.2) is 0 Å². The standard InChI is InChI=1S/C6H8N2.C5H7N.CHN.CH4/c1-6(5-8)3-2-4-7;1-3-5(2)4-6;1-2;/h6H,2-3H2,1H3;3,5H,1H2,2H3;1H;1H4. The van der Waals surface area contributed by atoms with Crippen LogP contribution in [0.1, 0.15) is 34.1 Å². The topological polar surface area (TPSA) is 95.2 Å². The summed E-state index contributed by atoms with van der Waals surface area (Å²) in [6, 6.07) is 6.03. The smallest absolute Gasteiger partial charge is 0.0694 e. The van der Waals surface area contributed by atoms with Crippen molar-refractivity contribution in [2.75, 3.05) is 0 Å². The van der Waals surface area contributed by atoms with Crippen molar-refractivity contribution >= 4 is 0 Å². The van der Waals surface area contributed by atoms with Gasteiger partial charge in [0.05, 0.1) is 24.1 Å². The van der Waals surface area contributed by atoms with E-state index in [-0.39, 0.29) is 19.3 Å². The number of nitrogens with zero attached hydrogens (tertiary/aromatic N) is 4. The van der Waals surface area contributed by atoms with E-state index in [1.807, 2.05) is 25.1 Å². The zero-order valence-electron chi connectivity index (χ0n) is 9.72. The maximum absolute atomic E-state index is 8.20. The van der Waals surface area contributed by atoms with Crippen LogP contribution in [0.25, 0.3) is 0 Å². The Kier molecular flexibility index (Phi) is 33.3. The lowest BCUT2D eigenvalue weighted by atomic mass is 10.1. The van der Waals surface area contributed by atoms with Crippen molar-refractivity contribution in [3.05, 3.63) is 12.7 Å². The molecule has 0 aliphatic carbocycles. The number of nitriles is 4. The summed E-state index contributed by atoms with van der Waals surface area (Å²) in [5.74, 6) is 0.0413. The molecule has 0 rings (SSSR count). The third kappa shape index (κ3) is 31.6. The van der Waals surface area contributed by atoms with E-state index in [2.05, 4.69) is 13.2 Å². The Morgan fingerprint density at radius 2 is 1.65 bits per heavy atom. The minimum absolute atomic E-state index is 0. The highest BCUT2D eigenvalue weighted by Gasteiger charge is 1.95. The first-order valence-electron chi connectivity index (χ1n) is 4.66. The molecule has 2 atom stereocenters. The summed E-state index contributed by atoms with van der Waals surface area (Å²) in [7, 11) is 0. The van der Waals surface area contributed by atoms with Gasteiger partial charge in [0.1, 0.15) is 0 Å². The first kappa shape index (κ1) is 24.1. The van der Waals surface area contributed by atoms with Gasteiger partial charge in [0.15, 0.2) is 0 Å². The highest BCUT2D eigenvalue weighted by Crippen LogP contribution is 2.00. The van der Waals surface area contributed by atoms with Crippen LogP contribution in [-0.2, 0) is 0 Å². The highest BCUT2D eigenvalue weighted by atomic mass is 14.3. The van der Waals surface area contributed by atoms with Gasteiger partial charge in [0, 0.05) is 18.9 Å². The predicted octanol–water partition coefficient (Wildman–Crippen LogP) is 3.56. The molecule has 0 amide bonds. The fraction of sp³-hybridized carbons (Fsp3) is 0.538. The molecule has 0 spiro atoms. The Morgan fingerprint density at radius 1 is 1.18 bits per heavy atom. The second kappa shape index (κ2) is 23.5. The monoisotopic (exact) mass is 232 g/mol. The Balaban J connectivity index is -0.0000000844. The van der Waals surface area contributed by atoms with Crippen LogP contribution in [0.3, 0.4) is 0 Å². The van der Waals surface area contributed by atoms with Crippen molar-refractivity contribution in [1.29, 1.82) is 21.0 Å². The molecule has 4 heteroatoms. The van der Waals surface area contributed by atoms with E-state index in [4.69, 9.17) is 21.0 Å². The highest BCUT2D eigenvalue weighted by molar-refractivity contribution is 4.91. The van der Waals surface area contributed by atoms with Crippen LogP contribution in [0.2, 0.25) is 0 Å². The number of allylic oxidation sites excluding steroid dienone is 1. The SMILES string of the molecule is C.C#N.C=CC(C)C#N.CC(C#N)CCC#N. The lowest BCUT2D eigenvalue weighted by molar-refractivity contribution is 0.675. The third-order valence-corrected chi connectivity index (χ3v) is 1.47. The van der Waals surface area contributed by atoms with E-state index in [1.54, 1.807) is 13.0 Å². The molecule has 0 saturated carbocycles. The molecule has 0 saturated heterocycles. The first-order valence-corrected chi connectivity index (χ1v) is 4.66. The molecule has 0 bridgehead atoms. The Hall–Kier alpha value is -2.30. The van der Waals surface area contributed by atoms with Crippen LogP contribution in [0.15, 0.2) is 12.7 Å². The largest absolute Gasteiger partial charge is 0.202 e. The lowest BCUT2D eigenvalue weighted by Gasteiger charge is -1.91. The molecule has 0 aromatic carbocycles. The first-order chi connectivity index (χ1) is 7.62. The summed E-state index contributed by atoms with van der Waals surface area (Å²) in [4.78, 5) is 0. The number of hydrogen-bond donors (Lipinski definition) is 0. The summed E-state index contributed by atoms with van der Waals surface area (Å²) in [5, 5.41) is 30.8. The quantitative estimate of drug-likeness (QED) is 0.695.